The number of hydrogen-bond donors (Lipinski definition) is 1. The highest BCUT2D eigenvalue weighted by atomic mass is 19.1. The Kier molecular flexibility index (Phi) is 6.46. The zero-order valence-corrected chi connectivity index (χ0v) is 17.5. The highest BCUT2D eigenvalue weighted by molar-refractivity contribution is 5.94. The van der Waals surface area contributed by atoms with Gasteiger partial charge in [0.2, 0.25) is 0 Å². The number of aliphatic hydroxyl groups excluding tert-OH is 1. The molecule has 0 unspecified atom stereocenters. The van der Waals surface area contributed by atoms with Crippen molar-refractivity contribution in [3.05, 3.63) is 65.5 Å². The van der Waals surface area contributed by atoms with E-state index in [0.29, 0.717) is 12.2 Å². The third-order valence-electron chi connectivity index (χ3n) is 6.35. The number of anilines is 1. The van der Waals surface area contributed by atoms with Crippen molar-refractivity contribution in [3.63, 3.8) is 0 Å². The third kappa shape index (κ3) is 4.72. The van der Waals surface area contributed by atoms with E-state index in [2.05, 4.69) is 14.7 Å². The first-order valence-corrected chi connectivity index (χ1v) is 10.7. The minimum absolute atomic E-state index is 0.0742. The van der Waals surface area contributed by atoms with Crippen LogP contribution in [0.15, 0.2) is 48.5 Å². The zero-order valence-electron chi connectivity index (χ0n) is 17.5. The summed E-state index contributed by atoms with van der Waals surface area (Å²) < 4.78 is 14.1. The molecule has 160 valence electrons. The summed E-state index contributed by atoms with van der Waals surface area (Å²) in [7, 11) is 0. The van der Waals surface area contributed by atoms with Gasteiger partial charge in [0, 0.05) is 57.4 Å². The van der Waals surface area contributed by atoms with E-state index >= 15 is 0 Å². The maximum Gasteiger partial charge on any atom is 0.159 e. The number of carbonyl (C=O) groups is 1. The van der Waals surface area contributed by atoms with E-state index in [0.717, 1.165) is 56.8 Å². The van der Waals surface area contributed by atoms with E-state index < -0.39 is 6.10 Å². The summed E-state index contributed by atoms with van der Waals surface area (Å²) in [5.74, 6) is -0.0988. The van der Waals surface area contributed by atoms with Gasteiger partial charge in [-0.05, 0) is 37.1 Å². The fourth-order valence-electron chi connectivity index (χ4n) is 4.70. The van der Waals surface area contributed by atoms with Gasteiger partial charge in [-0.25, -0.2) is 4.39 Å². The smallest absolute Gasteiger partial charge is 0.159 e. The van der Waals surface area contributed by atoms with E-state index in [9.17, 15) is 14.3 Å². The Labute approximate surface area is 177 Å². The lowest BCUT2D eigenvalue weighted by Crippen LogP contribution is -2.58. The van der Waals surface area contributed by atoms with E-state index in [1.54, 1.807) is 13.0 Å². The minimum atomic E-state index is -0.408. The van der Waals surface area contributed by atoms with Gasteiger partial charge in [-0.1, -0.05) is 30.3 Å². The molecule has 2 fully saturated rings. The highest BCUT2D eigenvalue weighted by Crippen LogP contribution is 2.24. The predicted octanol–water partition coefficient (Wildman–Crippen LogP) is 2.79. The molecule has 5 nitrogen and oxygen atoms in total. The number of aliphatic hydroxyl groups is 1. The molecule has 0 aromatic heterocycles. The van der Waals surface area contributed by atoms with E-state index in [4.69, 9.17) is 0 Å². The molecule has 0 aliphatic carbocycles. The average molecular weight is 412 g/mol. The fourth-order valence-corrected chi connectivity index (χ4v) is 4.70. The van der Waals surface area contributed by atoms with Crippen molar-refractivity contribution in [2.75, 3.05) is 44.2 Å². The summed E-state index contributed by atoms with van der Waals surface area (Å²) >= 11 is 0. The Morgan fingerprint density at radius 2 is 1.83 bits per heavy atom. The van der Waals surface area contributed by atoms with E-state index in [1.807, 2.05) is 36.4 Å². The largest absolute Gasteiger partial charge is 0.390 e. The SMILES string of the molecule is CC(=O)c1cccc(CN2CC[C@@H](N3CCN(c4ccccc4F)CC3)[C@H](O)C2)c1. The van der Waals surface area contributed by atoms with Crippen LogP contribution in [0.2, 0.25) is 0 Å². The number of piperidine rings is 1. The summed E-state index contributed by atoms with van der Waals surface area (Å²) in [6, 6.07) is 14.8. The van der Waals surface area contributed by atoms with Crippen LogP contribution in [0.3, 0.4) is 0 Å². The summed E-state index contributed by atoms with van der Waals surface area (Å²) in [5.41, 5.74) is 2.50. The first-order chi connectivity index (χ1) is 14.5. The number of ketones is 1. The quantitative estimate of drug-likeness (QED) is 0.767. The number of halogens is 1. The standard InChI is InChI=1S/C24H30FN3O2/c1-18(29)20-6-4-5-19(15-20)16-26-10-9-23(24(30)17-26)28-13-11-27(12-14-28)22-8-3-2-7-21(22)25/h2-8,15,23-24,30H,9-14,16-17H2,1H3/t23-,24-/m1/s1. The van der Waals surface area contributed by atoms with Crippen molar-refractivity contribution in [1.82, 2.24) is 9.80 Å². The van der Waals surface area contributed by atoms with Crippen LogP contribution >= 0.6 is 0 Å². The molecule has 2 saturated heterocycles. The van der Waals surface area contributed by atoms with E-state index in [-0.39, 0.29) is 17.6 Å². The fraction of sp³-hybridized carbons (Fsp3) is 0.458. The molecule has 2 aromatic carbocycles. The second-order valence-corrected chi connectivity index (χ2v) is 8.39. The maximum absolute atomic E-state index is 14.1. The molecule has 2 aliphatic heterocycles. The molecule has 2 aliphatic rings. The molecule has 0 saturated carbocycles. The van der Waals surface area contributed by atoms with Crippen LogP contribution in [0, 0.1) is 5.82 Å². The summed E-state index contributed by atoms with van der Waals surface area (Å²) in [6.45, 7) is 7.07. The van der Waals surface area contributed by atoms with Crippen molar-refractivity contribution in [3.8, 4) is 0 Å². The van der Waals surface area contributed by atoms with Gasteiger partial charge >= 0.3 is 0 Å². The highest BCUT2D eigenvalue weighted by Gasteiger charge is 2.34. The van der Waals surface area contributed by atoms with Gasteiger partial charge in [0.25, 0.3) is 0 Å². The lowest BCUT2D eigenvalue weighted by molar-refractivity contribution is -0.0172. The van der Waals surface area contributed by atoms with Crippen LogP contribution in [0.25, 0.3) is 0 Å². The molecule has 2 atom stereocenters. The molecule has 0 amide bonds. The molecule has 2 heterocycles. The Morgan fingerprint density at radius 3 is 2.53 bits per heavy atom. The van der Waals surface area contributed by atoms with Gasteiger partial charge in [0.05, 0.1) is 11.8 Å². The van der Waals surface area contributed by atoms with Crippen molar-refractivity contribution in [2.45, 2.75) is 32.0 Å². The third-order valence-corrected chi connectivity index (χ3v) is 6.35. The van der Waals surface area contributed by atoms with Gasteiger partial charge < -0.3 is 10.0 Å². The Hall–Kier alpha value is -2.28. The van der Waals surface area contributed by atoms with Crippen LogP contribution in [0.5, 0.6) is 0 Å². The average Bonchev–Trinajstić information content (AvgIpc) is 2.75. The first kappa shape index (κ1) is 21.0. The Bertz CT molecular complexity index is 882. The van der Waals surface area contributed by atoms with Crippen molar-refractivity contribution >= 4 is 11.5 Å². The van der Waals surface area contributed by atoms with Crippen molar-refractivity contribution in [1.29, 1.82) is 0 Å². The first-order valence-electron chi connectivity index (χ1n) is 10.7. The molecular formula is C24H30FN3O2. The van der Waals surface area contributed by atoms with Gasteiger partial charge in [0.15, 0.2) is 5.78 Å². The summed E-state index contributed by atoms with van der Waals surface area (Å²) in [6.07, 6.45) is 0.502. The van der Waals surface area contributed by atoms with Crippen LogP contribution in [-0.4, -0.2) is 72.1 Å². The Balaban J connectivity index is 1.30. The number of piperazine rings is 1. The van der Waals surface area contributed by atoms with E-state index in [1.165, 1.54) is 6.07 Å². The minimum Gasteiger partial charge on any atom is -0.390 e. The van der Waals surface area contributed by atoms with Crippen LogP contribution < -0.4 is 4.90 Å². The monoisotopic (exact) mass is 411 g/mol. The normalized spacial score (nSPS) is 23.5. The van der Waals surface area contributed by atoms with Crippen molar-refractivity contribution < 1.29 is 14.3 Å². The number of carbonyl (C=O) groups excluding carboxylic acids is 1. The molecule has 30 heavy (non-hydrogen) atoms. The molecular weight excluding hydrogens is 381 g/mol. The predicted molar refractivity (Wildman–Crippen MR) is 116 cm³/mol. The number of Topliss-reactive ketones (excluding diaryl/α,β-unsaturated/α-hetero) is 1. The second kappa shape index (κ2) is 9.25. The van der Waals surface area contributed by atoms with Crippen LogP contribution in [0.1, 0.15) is 29.3 Å². The molecule has 2 aromatic rings. The summed E-state index contributed by atoms with van der Waals surface area (Å²) in [5, 5.41) is 10.8. The number of likely N-dealkylation sites (tertiary alicyclic amines) is 1. The lowest BCUT2D eigenvalue weighted by Gasteiger charge is -2.45. The number of hydrogen-bond acceptors (Lipinski definition) is 5. The summed E-state index contributed by atoms with van der Waals surface area (Å²) in [4.78, 5) is 18.3. The number of β-amino-alcohol motifs (C(OH)–C–C–N with tert-alkyl or cyclic N) is 1. The number of benzene rings is 2. The molecule has 0 spiro atoms. The molecule has 0 radical (unpaired) electrons. The number of nitrogens with zero attached hydrogens (tertiary/aromatic N) is 3. The lowest BCUT2D eigenvalue weighted by atomic mass is 9.98. The molecule has 0 bridgehead atoms. The zero-order chi connectivity index (χ0) is 21.1. The Morgan fingerprint density at radius 1 is 1.07 bits per heavy atom. The number of rotatable bonds is 5. The molecule has 6 heteroatoms. The van der Waals surface area contributed by atoms with Gasteiger partial charge in [-0.3, -0.25) is 14.6 Å². The maximum atomic E-state index is 14.1. The van der Waals surface area contributed by atoms with Crippen LogP contribution in [0.4, 0.5) is 10.1 Å². The molecule has 1 N–H and O–H groups in total. The van der Waals surface area contributed by atoms with Crippen LogP contribution in [-0.2, 0) is 6.54 Å². The van der Waals surface area contributed by atoms with Crippen molar-refractivity contribution in [2.24, 2.45) is 0 Å². The number of para-hydroxylation sites is 1. The second-order valence-electron chi connectivity index (χ2n) is 8.39. The van der Waals surface area contributed by atoms with Gasteiger partial charge in [-0.2, -0.15) is 0 Å². The topological polar surface area (TPSA) is 47.0 Å². The van der Waals surface area contributed by atoms with Gasteiger partial charge in [-0.15, -0.1) is 0 Å². The molecule has 4 rings (SSSR count). The van der Waals surface area contributed by atoms with Gasteiger partial charge in [0.1, 0.15) is 5.82 Å².